The summed E-state index contributed by atoms with van der Waals surface area (Å²) in [6, 6.07) is 7.97. The van der Waals surface area contributed by atoms with E-state index in [-0.39, 0.29) is 0 Å². The van der Waals surface area contributed by atoms with Crippen LogP contribution in [0.4, 0.5) is 0 Å². The van der Waals surface area contributed by atoms with Gasteiger partial charge in [0.2, 0.25) is 0 Å². The number of benzene rings is 1. The fourth-order valence-corrected chi connectivity index (χ4v) is 2.48. The highest BCUT2D eigenvalue weighted by molar-refractivity contribution is 5.27. The molecule has 4 heteroatoms. The lowest BCUT2D eigenvalue weighted by molar-refractivity contribution is -0.0699. The molecule has 0 saturated carbocycles. The number of hydrogen-bond acceptors (Lipinski definition) is 4. The molecule has 1 heterocycles. The first-order valence-electron chi connectivity index (χ1n) is 6.97. The Bertz CT molecular complexity index is 370. The van der Waals surface area contributed by atoms with Crippen molar-refractivity contribution in [1.82, 2.24) is 4.90 Å². The number of morpholine rings is 1. The minimum absolute atomic E-state index is 0.313. The molecule has 1 saturated heterocycles. The molecule has 0 unspecified atom stereocenters. The zero-order chi connectivity index (χ0) is 13.7. The van der Waals surface area contributed by atoms with Crippen molar-refractivity contribution in [3.8, 4) is 5.75 Å². The maximum Gasteiger partial charge on any atom is 0.119 e. The third-order valence-corrected chi connectivity index (χ3v) is 3.33. The van der Waals surface area contributed by atoms with E-state index in [1.807, 2.05) is 24.3 Å². The van der Waals surface area contributed by atoms with Crippen LogP contribution in [0.1, 0.15) is 19.4 Å². The van der Waals surface area contributed by atoms with Crippen molar-refractivity contribution in [3.05, 3.63) is 29.8 Å². The van der Waals surface area contributed by atoms with Crippen molar-refractivity contribution in [2.75, 3.05) is 26.2 Å². The average molecular weight is 264 g/mol. The van der Waals surface area contributed by atoms with E-state index in [2.05, 4.69) is 18.7 Å². The van der Waals surface area contributed by atoms with Gasteiger partial charge < -0.3 is 15.2 Å². The SMILES string of the molecule is C[C@@H]1CN(CCOc2ccc(CN)cc2)C[C@H](C)O1. The third kappa shape index (κ3) is 4.49. The fourth-order valence-electron chi connectivity index (χ4n) is 2.48. The lowest BCUT2D eigenvalue weighted by Gasteiger charge is -2.35. The number of rotatable bonds is 5. The molecule has 0 amide bonds. The van der Waals surface area contributed by atoms with Crippen molar-refractivity contribution >= 4 is 0 Å². The second-order valence-electron chi connectivity index (χ2n) is 5.21. The molecule has 4 nitrogen and oxygen atoms in total. The Morgan fingerprint density at radius 3 is 2.42 bits per heavy atom. The van der Waals surface area contributed by atoms with Crippen LogP contribution in [-0.4, -0.2) is 43.3 Å². The van der Waals surface area contributed by atoms with Crippen LogP contribution in [0.2, 0.25) is 0 Å². The van der Waals surface area contributed by atoms with Crippen LogP contribution < -0.4 is 10.5 Å². The highest BCUT2D eigenvalue weighted by Gasteiger charge is 2.21. The first-order valence-corrected chi connectivity index (χ1v) is 6.97. The first kappa shape index (κ1) is 14.3. The summed E-state index contributed by atoms with van der Waals surface area (Å²) in [6.07, 6.45) is 0.625. The Labute approximate surface area is 115 Å². The standard InChI is InChI=1S/C15H24N2O2/c1-12-10-17(11-13(2)19-12)7-8-18-15-5-3-14(9-16)4-6-15/h3-6,12-13H,7-11,16H2,1-2H3/t12-,13+. The molecule has 1 aromatic rings. The van der Waals surface area contributed by atoms with Gasteiger partial charge in [-0.25, -0.2) is 0 Å². The maximum absolute atomic E-state index is 5.76. The summed E-state index contributed by atoms with van der Waals surface area (Å²) >= 11 is 0. The van der Waals surface area contributed by atoms with Crippen LogP contribution in [-0.2, 0) is 11.3 Å². The van der Waals surface area contributed by atoms with E-state index in [9.17, 15) is 0 Å². The highest BCUT2D eigenvalue weighted by atomic mass is 16.5. The molecule has 2 N–H and O–H groups in total. The summed E-state index contributed by atoms with van der Waals surface area (Å²) in [5.74, 6) is 0.909. The Hall–Kier alpha value is -1.10. The number of hydrogen-bond donors (Lipinski definition) is 1. The monoisotopic (exact) mass is 264 g/mol. The van der Waals surface area contributed by atoms with Crippen molar-refractivity contribution in [1.29, 1.82) is 0 Å². The van der Waals surface area contributed by atoms with Crippen LogP contribution in [0.15, 0.2) is 24.3 Å². The number of ether oxygens (including phenoxy) is 2. The van der Waals surface area contributed by atoms with E-state index in [1.54, 1.807) is 0 Å². The Morgan fingerprint density at radius 1 is 1.21 bits per heavy atom. The van der Waals surface area contributed by atoms with Crippen molar-refractivity contribution in [3.63, 3.8) is 0 Å². The van der Waals surface area contributed by atoms with Gasteiger partial charge in [-0.2, -0.15) is 0 Å². The van der Waals surface area contributed by atoms with Gasteiger partial charge in [0.25, 0.3) is 0 Å². The molecule has 1 aliphatic rings. The first-order chi connectivity index (χ1) is 9.17. The normalized spacial score (nSPS) is 24.4. The van der Waals surface area contributed by atoms with Gasteiger partial charge in [0.05, 0.1) is 12.2 Å². The smallest absolute Gasteiger partial charge is 0.119 e. The van der Waals surface area contributed by atoms with Crippen molar-refractivity contribution in [2.45, 2.75) is 32.6 Å². The van der Waals surface area contributed by atoms with E-state index in [0.29, 0.717) is 25.4 Å². The summed E-state index contributed by atoms with van der Waals surface area (Å²) in [7, 11) is 0. The predicted molar refractivity (Wildman–Crippen MR) is 76.3 cm³/mol. The number of nitrogens with zero attached hydrogens (tertiary/aromatic N) is 1. The molecular weight excluding hydrogens is 240 g/mol. The molecule has 19 heavy (non-hydrogen) atoms. The summed E-state index contributed by atoms with van der Waals surface area (Å²) in [4.78, 5) is 2.40. The Morgan fingerprint density at radius 2 is 1.84 bits per heavy atom. The molecule has 0 aliphatic carbocycles. The third-order valence-electron chi connectivity index (χ3n) is 3.33. The van der Waals surface area contributed by atoms with Gasteiger partial charge in [0.1, 0.15) is 12.4 Å². The van der Waals surface area contributed by atoms with E-state index in [1.165, 1.54) is 0 Å². The van der Waals surface area contributed by atoms with Gasteiger partial charge in [0.15, 0.2) is 0 Å². The molecule has 0 bridgehead atoms. The zero-order valence-electron chi connectivity index (χ0n) is 11.8. The van der Waals surface area contributed by atoms with Gasteiger partial charge >= 0.3 is 0 Å². The second kappa shape index (κ2) is 6.89. The summed E-state index contributed by atoms with van der Waals surface area (Å²) in [5.41, 5.74) is 6.69. The minimum atomic E-state index is 0.313. The zero-order valence-corrected chi connectivity index (χ0v) is 11.8. The maximum atomic E-state index is 5.76. The summed E-state index contributed by atoms with van der Waals surface area (Å²) < 4.78 is 11.5. The van der Waals surface area contributed by atoms with Crippen LogP contribution in [0.3, 0.4) is 0 Å². The molecule has 1 aromatic carbocycles. The molecule has 2 rings (SSSR count). The second-order valence-corrected chi connectivity index (χ2v) is 5.21. The van der Waals surface area contributed by atoms with Crippen LogP contribution in [0.5, 0.6) is 5.75 Å². The van der Waals surface area contributed by atoms with Gasteiger partial charge in [-0.05, 0) is 31.5 Å². The van der Waals surface area contributed by atoms with E-state index >= 15 is 0 Å². The fraction of sp³-hybridized carbons (Fsp3) is 0.600. The topological polar surface area (TPSA) is 47.7 Å². The Balaban J connectivity index is 1.73. The average Bonchev–Trinajstić information content (AvgIpc) is 2.38. The molecule has 0 radical (unpaired) electrons. The molecule has 1 aliphatic heterocycles. The lowest BCUT2D eigenvalue weighted by atomic mass is 10.2. The molecular formula is C15H24N2O2. The molecule has 0 aromatic heterocycles. The summed E-state index contributed by atoms with van der Waals surface area (Å²) in [6.45, 7) is 8.44. The minimum Gasteiger partial charge on any atom is -0.492 e. The van der Waals surface area contributed by atoms with Crippen LogP contribution in [0.25, 0.3) is 0 Å². The van der Waals surface area contributed by atoms with E-state index < -0.39 is 0 Å². The highest BCUT2D eigenvalue weighted by Crippen LogP contribution is 2.13. The molecule has 1 fully saturated rings. The van der Waals surface area contributed by atoms with Crippen molar-refractivity contribution in [2.24, 2.45) is 5.73 Å². The van der Waals surface area contributed by atoms with Gasteiger partial charge in [-0.3, -0.25) is 4.90 Å². The molecule has 2 atom stereocenters. The van der Waals surface area contributed by atoms with Crippen LogP contribution >= 0.6 is 0 Å². The van der Waals surface area contributed by atoms with E-state index in [4.69, 9.17) is 15.2 Å². The van der Waals surface area contributed by atoms with E-state index in [0.717, 1.165) is 30.9 Å². The summed E-state index contributed by atoms with van der Waals surface area (Å²) in [5, 5.41) is 0. The quantitative estimate of drug-likeness (QED) is 0.878. The van der Waals surface area contributed by atoms with Crippen LogP contribution in [0, 0.1) is 0 Å². The molecule has 0 spiro atoms. The van der Waals surface area contributed by atoms with Gasteiger partial charge in [0, 0.05) is 26.2 Å². The van der Waals surface area contributed by atoms with Gasteiger partial charge in [-0.15, -0.1) is 0 Å². The Kier molecular flexibility index (Phi) is 5.19. The number of nitrogens with two attached hydrogens (primary N) is 1. The lowest BCUT2D eigenvalue weighted by Crippen LogP contribution is -2.46. The molecule has 106 valence electrons. The van der Waals surface area contributed by atoms with Gasteiger partial charge in [-0.1, -0.05) is 12.1 Å². The predicted octanol–water partition coefficient (Wildman–Crippen LogP) is 1.63. The largest absolute Gasteiger partial charge is 0.492 e. The van der Waals surface area contributed by atoms with Crippen molar-refractivity contribution < 1.29 is 9.47 Å².